The van der Waals surface area contributed by atoms with Crippen molar-refractivity contribution in [2.75, 3.05) is 12.0 Å². The van der Waals surface area contributed by atoms with Crippen LogP contribution in [0.3, 0.4) is 0 Å². The number of ether oxygens (including phenoxy) is 1. The highest BCUT2D eigenvalue weighted by molar-refractivity contribution is 5.95. The van der Waals surface area contributed by atoms with E-state index in [1.807, 2.05) is 48.5 Å². The van der Waals surface area contributed by atoms with Gasteiger partial charge in [0.15, 0.2) is 0 Å². The van der Waals surface area contributed by atoms with Crippen molar-refractivity contribution >= 4 is 11.7 Å². The second-order valence-electron chi connectivity index (χ2n) is 6.46. The van der Waals surface area contributed by atoms with E-state index in [-0.39, 0.29) is 12.0 Å². The molecule has 0 saturated carbocycles. The van der Waals surface area contributed by atoms with Crippen LogP contribution in [0.15, 0.2) is 84.9 Å². The fourth-order valence-electron chi connectivity index (χ4n) is 3.46. The van der Waals surface area contributed by atoms with Crippen molar-refractivity contribution in [1.29, 1.82) is 0 Å². The Kier molecular flexibility index (Phi) is 6.26. The number of rotatable bonds is 7. The van der Waals surface area contributed by atoms with Gasteiger partial charge in [0.2, 0.25) is 0 Å². The van der Waals surface area contributed by atoms with E-state index in [0.29, 0.717) is 12.1 Å². The molecule has 3 rings (SSSR count). The van der Waals surface area contributed by atoms with Crippen molar-refractivity contribution in [1.82, 2.24) is 0 Å². The third kappa shape index (κ3) is 4.37. The molecule has 138 valence electrons. The summed E-state index contributed by atoms with van der Waals surface area (Å²) in [7, 11) is 1.43. The van der Waals surface area contributed by atoms with Gasteiger partial charge in [-0.2, -0.15) is 0 Å². The highest BCUT2D eigenvalue weighted by Crippen LogP contribution is 2.34. The molecule has 0 heterocycles. The first kappa shape index (κ1) is 18.7. The van der Waals surface area contributed by atoms with Gasteiger partial charge in [0.25, 0.3) is 0 Å². The molecule has 0 spiro atoms. The summed E-state index contributed by atoms with van der Waals surface area (Å²) in [5.41, 5.74) is 3.91. The summed E-state index contributed by atoms with van der Waals surface area (Å²) in [5, 5.41) is 0. The van der Waals surface area contributed by atoms with Gasteiger partial charge in [-0.05, 0) is 29.7 Å². The third-order valence-corrected chi connectivity index (χ3v) is 4.76. The van der Waals surface area contributed by atoms with Gasteiger partial charge in [0, 0.05) is 6.54 Å². The second kappa shape index (κ2) is 9.04. The number of carbonyl (C=O) groups is 1. The molecule has 0 radical (unpaired) electrons. The van der Waals surface area contributed by atoms with Crippen LogP contribution in [0.2, 0.25) is 0 Å². The first-order chi connectivity index (χ1) is 13.2. The molecule has 27 heavy (non-hydrogen) atoms. The van der Waals surface area contributed by atoms with Crippen molar-refractivity contribution in [3.8, 4) is 0 Å². The van der Waals surface area contributed by atoms with Gasteiger partial charge >= 0.3 is 5.97 Å². The lowest BCUT2D eigenvalue weighted by molar-refractivity contribution is 0.0601. The SMILES string of the molecule is CCC(c1ccccc1)N(Cc1ccccc1)c1ccccc1C(=O)OC. The van der Waals surface area contributed by atoms with Crippen LogP contribution in [0.1, 0.15) is 40.9 Å². The molecule has 0 fully saturated rings. The van der Waals surface area contributed by atoms with Crippen LogP contribution in [0.4, 0.5) is 5.69 Å². The Bertz CT molecular complexity index is 862. The van der Waals surface area contributed by atoms with Crippen molar-refractivity contribution < 1.29 is 9.53 Å². The van der Waals surface area contributed by atoms with Gasteiger partial charge in [0.05, 0.1) is 24.4 Å². The van der Waals surface area contributed by atoms with Gasteiger partial charge < -0.3 is 9.64 Å². The second-order valence-corrected chi connectivity index (χ2v) is 6.46. The zero-order valence-corrected chi connectivity index (χ0v) is 15.8. The van der Waals surface area contributed by atoms with Crippen LogP contribution in [0, 0.1) is 0 Å². The van der Waals surface area contributed by atoms with Gasteiger partial charge in [0.1, 0.15) is 0 Å². The molecule has 3 aromatic rings. The van der Waals surface area contributed by atoms with E-state index in [9.17, 15) is 4.79 Å². The largest absolute Gasteiger partial charge is 0.465 e. The maximum Gasteiger partial charge on any atom is 0.339 e. The summed E-state index contributed by atoms with van der Waals surface area (Å²) in [6.07, 6.45) is 0.923. The van der Waals surface area contributed by atoms with E-state index >= 15 is 0 Å². The molecule has 1 unspecified atom stereocenters. The standard InChI is InChI=1S/C24H25NO2/c1-3-22(20-14-8-5-9-15-20)25(18-19-12-6-4-7-13-19)23-17-11-10-16-21(23)24(26)27-2/h4-17,22H,3,18H2,1-2H3. The highest BCUT2D eigenvalue weighted by atomic mass is 16.5. The smallest absolute Gasteiger partial charge is 0.339 e. The summed E-state index contributed by atoms with van der Waals surface area (Å²) in [6, 6.07) is 28.6. The lowest BCUT2D eigenvalue weighted by Gasteiger charge is -2.35. The summed E-state index contributed by atoms with van der Waals surface area (Å²) < 4.78 is 5.03. The topological polar surface area (TPSA) is 29.5 Å². The van der Waals surface area contributed by atoms with Crippen molar-refractivity contribution in [2.24, 2.45) is 0 Å². The van der Waals surface area contributed by atoms with E-state index in [4.69, 9.17) is 4.74 Å². The zero-order chi connectivity index (χ0) is 19.1. The maximum atomic E-state index is 12.4. The Morgan fingerprint density at radius 3 is 2.11 bits per heavy atom. The molecule has 0 amide bonds. The summed E-state index contributed by atoms with van der Waals surface area (Å²) in [5.74, 6) is -0.313. The number of esters is 1. The van der Waals surface area contributed by atoms with Crippen LogP contribution >= 0.6 is 0 Å². The van der Waals surface area contributed by atoms with E-state index in [1.54, 1.807) is 0 Å². The first-order valence-electron chi connectivity index (χ1n) is 9.27. The average Bonchev–Trinajstić information content (AvgIpc) is 2.74. The molecular formula is C24H25NO2. The van der Waals surface area contributed by atoms with E-state index in [2.05, 4.69) is 48.2 Å². The predicted molar refractivity (Wildman–Crippen MR) is 110 cm³/mol. The molecule has 0 bridgehead atoms. The predicted octanol–water partition coefficient (Wildman–Crippen LogP) is 5.63. The lowest BCUT2D eigenvalue weighted by Crippen LogP contribution is -2.29. The number of anilines is 1. The lowest BCUT2D eigenvalue weighted by atomic mass is 9.99. The third-order valence-electron chi connectivity index (χ3n) is 4.76. The molecule has 0 aromatic heterocycles. The fourth-order valence-corrected chi connectivity index (χ4v) is 3.46. The fraction of sp³-hybridized carbons (Fsp3) is 0.208. The Morgan fingerprint density at radius 1 is 0.889 bits per heavy atom. The molecule has 3 heteroatoms. The number of hydrogen-bond donors (Lipinski definition) is 0. The molecule has 1 atom stereocenters. The normalized spacial score (nSPS) is 11.6. The summed E-state index contributed by atoms with van der Waals surface area (Å²) >= 11 is 0. The van der Waals surface area contributed by atoms with Gasteiger partial charge in [-0.1, -0.05) is 79.7 Å². The van der Waals surface area contributed by atoms with Gasteiger partial charge in [-0.3, -0.25) is 0 Å². The van der Waals surface area contributed by atoms with Gasteiger partial charge in [-0.25, -0.2) is 4.79 Å². The van der Waals surface area contributed by atoms with Crippen molar-refractivity contribution in [3.05, 3.63) is 102 Å². The summed E-state index contributed by atoms with van der Waals surface area (Å²) in [6.45, 7) is 2.89. The van der Waals surface area contributed by atoms with Crippen LogP contribution in [0.5, 0.6) is 0 Å². The minimum absolute atomic E-state index is 0.150. The Hall–Kier alpha value is -3.07. The van der Waals surface area contributed by atoms with E-state index in [0.717, 1.165) is 12.1 Å². The first-order valence-corrected chi connectivity index (χ1v) is 9.27. The Labute approximate surface area is 161 Å². The van der Waals surface area contributed by atoms with Crippen LogP contribution < -0.4 is 4.90 Å². The number of para-hydroxylation sites is 1. The number of carbonyl (C=O) groups excluding carboxylic acids is 1. The van der Waals surface area contributed by atoms with E-state index < -0.39 is 0 Å². The minimum Gasteiger partial charge on any atom is -0.465 e. The molecule has 0 aliphatic carbocycles. The van der Waals surface area contributed by atoms with Crippen molar-refractivity contribution in [2.45, 2.75) is 25.9 Å². The molecular weight excluding hydrogens is 334 g/mol. The highest BCUT2D eigenvalue weighted by Gasteiger charge is 2.24. The molecule has 0 N–H and O–H groups in total. The quantitative estimate of drug-likeness (QED) is 0.512. The Morgan fingerprint density at radius 2 is 1.48 bits per heavy atom. The van der Waals surface area contributed by atoms with Crippen molar-refractivity contribution in [3.63, 3.8) is 0 Å². The molecule has 0 aliphatic heterocycles. The maximum absolute atomic E-state index is 12.4. The molecule has 0 aliphatic rings. The Balaban J connectivity index is 2.09. The minimum atomic E-state index is -0.313. The average molecular weight is 359 g/mol. The molecule has 3 aromatic carbocycles. The number of nitrogens with zero attached hydrogens (tertiary/aromatic N) is 1. The van der Waals surface area contributed by atoms with Gasteiger partial charge in [-0.15, -0.1) is 0 Å². The number of hydrogen-bond acceptors (Lipinski definition) is 3. The number of benzene rings is 3. The molecule has 3 nitrogen and oxygen atoms in total. The van der Waals surface area contributed by atoms with Crippen LogP contribution in [-0.4, -0.2) is 13.1 Å². The summed E-state index contributed by atoms with van der Waals surface area (Å²) in [4.78, 5) is 14.7. The van der Waals surface area contributed by atoms with Crippen LogP contribution in [-0.2, 0) is 11.3 Å². The van der Waals surface area contributed by atoms with E-state index in [1.165, 1.54) is 18.2 Å². The van der Waals surface area contributed by atoms with Crippen LogP contribution in [0.25, 0.3) is 0 Å². The monoisotopic (exact) mass is 359 g/mol. The zero-order valence-electron chi connectivity index (χ0n) is 15.8. The number of methoxy groups -OCH3 is 1. The molecule has 0 saturated heterocycles.